The van der Waals surface area contributed by atoms with Crippen LogP contribution in [0, 0.1) is 0 Å². The number of nitrogens with one attached hydrogen (secondary N) is 2. The summed E-state index contributed by atoms with van der Waals surface area (Å²) in [5.41, 5.74) is 2.75. The number of ether oxygens (including phenoxy) is 4. The van der Waals surface area contributed by atoms with Crippen molar-refractivity contribution in [2.45, 2.75) is 0 Å². The van der Waals surface area contributed by atoms with E-state index in [2.05, 4.69) is 20.2 Å². The third kappa shape index (κ3) is 3.20. The molecule has 4 rings (SSSR count). The monoisotopic (exact) mass is 408 g/mol. The van der Waals surface area contributed by atoms with Gasteiger partial charge in [0.15, 0.2) is 34.2 Å². The third-order valence-electron chi connectivity index (χ3n) is 4.72. The first-order chi connectivity index (χ1) is 14.6. The molecule has 0 aliphatic carbocycles. The van der Waals surface area contributed by atoms with E-state index in [1.807, 2.05) is 18.2 Å². The average Bonchev–Trinajstić information content (AvgIpc) is 3.16. The van der Waals surface area contributed by atoms with E-state index in [-0.39, 0.29) is 11.1 Å². The zero-order chi connectivity index (χ0) is 21.3. The quantitative estimate of drug-likeness (QED) is 0.504. The molecule has 0 saturated heterocycles. The fourth-order valence-electron chi connectivity index (χ4n) is 3.23. The van der Waals surface area contributed by atoms with Crippen molar-refractivity contribution in [1.29, 1.82) is 0 Å². The SMILES string of the molecule is COc1ccc(-c2nc3[nH][nH]c(=O)c3nc2-c2ccc(OC)c(OC)c2)cc1OC. The molecule has 9 heteroatoms. The molecule has 0 bridgehead atoms. The molecule has 30 heavy (non-hydrogen) atoms. The van der Waals surface area contributed by atoms with Crippen LogP contribution in [0.4, 0.5) is 0 Å². The van der Waals surface area contributed by atoms with Gasteiger partial charge in [-0.25, -0.2) is 9.97 Å². The van der Waals surface area contributed by atoms with Gasteiger partial charge in [0.2, 0.25) is 0 Å². The summed E-state index contributed by atoms with van der Waals surface area (Å²) in [6.45, 7) is 0. The molecule has 0 saturated carbocycles. The van der Waals surface area contributed by atoms with Crippen molar-refractivity contribution in [1.82, 2.24) is 20.2 Å². The number of benzene rings is 2. The van der Waals surface area contributed by atoms with Gasteiger partial charge in [-0.1, -0.05) is 0 Å². The maximum Gasteiger partial charge on any atom is 0.292 e. The Morgan fingerprint density at radius 3 is 1.67 bits per heavy atom. The number of fused-ring (bicyclic) bond motifs is 1. The van der Waals surface area contributed by atoms with Crippen LogP contribution in [0.5, 0.6) is 23.0 Å². The summed E-state index contributed by atoms with van der Waals surface area (Å²) in [4.78, 5) is 21.4. The maximum absolute atomic E-state index is 12.1. The standard InChI is InChI=1S/C21H20N4O5/c1-27-13-7-5-11(9-15(13)29-3)17-18(23-20-19(22-17)21(26)25-24-20)12-6-8-14(28-2)16(10-12)30-4/h5-10H,1-4H3,(H2,23,24,25,26). The highest BCUT2D eigenvalue weighted by Crippen LogP contribution is 2.38. The van der Waals surface area contributed by atoms with Gasteiger partial charge in [-0.05, 0) is 36.4 Å². The Morgan fingerprint density at radius 1 is 0.667 bits per heavy atom. The third-order valence-corrected chi connectivity index (χ3v) is 4.72. The Kier molecular flexibility index (Phi) is 5.01. The topological polar surface area (TPSA) is 111 Å². The maximum atomic E-state index is 12.1. The summed E-state index contributed by atoms with van der Waals surface area (Å²) in [6.07, 6.45) is 0. The molecule has 2 N–H and O–H groups in total. The van der Waals surface area contributed by atoms with E-state index >= 15 is 0 Å². The highest BCUT2D eigenvalue weighted by Gasteiger charge is 2.19. The minimum Gasteiger partial charge on any atom is -0.493 e. The Labute approximate surface area is 171 Å². The number of rotatable bonds is 6. The van der Waals surface area contributed by atoms with E-state index in [4.69, 9.17) is 18.9 Å². The average molecular weight is 408 g/mol. The van der Waals surface area contributed by atoms with Crippen LogP contribution in [0.2, 0.25) is 0 Å². The molecule has 0 unspecified atom stereocenters. The summed E-state index contributed by atoms with van der Waals surface area (Å²) < 4.78 is 21.5. The van der Waals surface area contributed by atoms with Crippen LogP contribution < -0.4 is 24.5 Å². The molecule has 154 valence electrons. The fourth-order valence-corrected chi connectivity index (χ4v) is 3.23. The molecule has 0 aliphatic rings. The van der Waals surface area contributed by atoms with Crippen molar-refractivity contribution in [3.63, 3.8) is 0 Å². The lowest BCUT2D eigenvalue weighted by atomic mass is 10.0. The van der Waals surface area contributed by atoms with Gasteiger partial charge in [-0.3, -0.25) is 15.0 Å². The first-order valence-corrected chi connectivity index (χ1v) is 9.02. The normalized spacial score (nSPS) is 10.8. The smallest absolute Gasteiger partial charge is 0.292 e. The number of aromatic nitrogens is 4. The van der Waals surface area contributed by atoms with Crippen LogP contribution in [-0.2, 0) is 0 Å². The van der Waals surface area contributed by atoms with E-state index in [0.717, 1.165) is 5.56 Å². The predicted octanol–water partition coefficient (Wildman–Crippen LogP) is 3.01. The van der Waals surface area contributed by atoms with Gasteiger partial charge in [0.25, 0.3) is 5.56 Å². The molecule has 0 amide bonds. The van der Waals surface area contributed by atoms with Crippen molar-refractivity contribution >= 4 is 11.2 Å². The van der Waals surface area contributed by atoms with Crippen molar-refractivity contribution in [3.05, 3.63) is 46.8 Å². The Balaban J connectivity index is 1.99. The van der Waals surface area contributed by atoms with Crippen LogP contribution in [0.3, 0.4) is 0 Å². The van der Waals surface area contributed by atoms with E-state index in [1.54, 1.807) is 46.6 Å². The van der Waals surface area contributed by atoms with Crippen LogP contribution in [0.1, 0.15) is 0 Å². The van der Waals surface area contributed by atoms with E-state index < -0.39 is 0 Å². The summed E-state index contributed by atoms with van der Waals surface area (Å²) in [5, 5.41) is 5.28. The highest BCUT2D eigenvalue weighted by atomic mass is 16.5. The highest BCUT2D eigenvalue weighted by molar-refractivity contribution is 5.85. The first kappa shape index (κ1) is 19.3. The van der Waals surface area contributed by atoms with Crippen molar-refractivity contribution in [2.75, 3.05) is 28.4 Å². The van der Waals surface area contributed by atoms with Crippen LogP contribution in [0.15, 0.2) is 41.2 Å². The molecule has 0 fully saturated rings. The van der Waals surface area contributed by atoms with Crippen molar-refractivity contribution in [3.8, 4) is 45.5 Å². The van der Waals surface area contributed by atoms with Gasteiger partial charge in [0, 0.05) is 11.1 Å². The van der Waals surface area contributed by atoms with Gasteiger partial charge in [-0.2, -0.15) is 0 Å². The predicted molar refractivity (Wildman–Crippen MR) is 112 cm³/mol. The molecule has 0 spiro atoms. The number of aromatic amines is 2. The van der Waals surface area contributed by atoms with Crippen molar-refractivity contribution < 1.29 is 18.9 Å². The summed E-state index contributed by atoms with van der Waals surface area (Å²) in [6, 6.07) is 10.9. The lowest BCUT2D eigenvalue weighted by Gasteiger charge is -2.13. The lowest BCUT2D eigenvalue weighted by Crippen LogP contribution is -2.03. The number of hydrogen-bond donors (Lipinski definition) is 2. The van der Waals surface area contributed by atoms with Gasteiger partial charge in [0.05, 0.1) is 39.8 Å². The van der Waals surface area contributed by atoms with E-state index in [0.29, 0.717) is 45.6 Å². The molecule has 9 nitrogen and oxygen atoms in total. The molecule has 4 aromatic rings. The zero-order valence-corrected chi connectivity index (χ0v) is 16.9. The number of methoxy groups -OCH3 is 4. The first-order valence-electron chi connectivity index (χ1n) is 9.02. The minimum absolute atomic E-state index is 0.212. The van der Waals surface area contributed by atoms with Gasteiger partial charge < -0.3 is 18.9 Å². The summed E-state index contributed by atoms with van der Waals surface area (Å²) in [7, 11) is 6.26. The minimum atomic E-state index is -0.349. The molecular weight excluding hydrogens is 388 g/mol. The Bertz CT molecular complexity index is 1280. The van der Waals surface area contributed by atoms with Gasteiger partial charge >= 0.3 is 0 Å². The van der Waals surface area contributed by atoms with Crippen molar-refractivity contribution in [2.24, 2.45) is 0 Å². The molecule has 0 atom stereocenters. The zero-order valence-electron chi connectivity index (χ0n) is 16.9. The number of H-pyrrole nitrogens is 2. The van der Waals surface area contributed by atoms with Crippen LogP contribution in [0.25, 0.3) is 33.7 Å². The largest absolute Gasteiger partial charge is 0.493 e. The summed E-state index contributed by atoms with van der Waals surface area (Å²) >= 11 is 0. The fraction of sp³-hybridized carbons (Fsp3) is 0.190. The van der Waals surface area contributed by atoms with E-state index in [9.17, 15) is 4.79 Å². The number of hydrogen-bond acceptors (Lipinski definition) is 7. The van der Waals surface area contributed by atoms with Crippen LogP contribution in [-0.4, -0.2) is 48.6 Å². The molecule has 2 heterocycles. The molecule has 2 aromatic carbocycles. The second-order valence-corrected chi connectivity index (χ2v) is 6.34. The number of nitrogens with zero attached hydrogens (tertiary/aromatic N) is 2. The van der Waals surface area contributed by atoms with E-state index in [1.165, 1.54) is 0 Å². The second kappa shape index (κ2) is 7.78. The Hall–Kier alpha value is -4.01. The van der Waals surface area contributed by atoms with Gasteiger partial charge in [0.1, 0.15) is 0 Å². The van der Waals surface area contributed by atoms with Gasteiger partial charge in [-0.15, -0.1) is 0 Å². The molecular formula is C21H20N4O5. The Morgan fingerprint density at radius 2 is 1.17 bits per heavy atom. The van der Waals surface area contributed by atoms with Crippen LogP contribution >= 0.6 is 0 Å². The molecule has 0 aliphatic heterocycles. The lowest BCUT2D eigenvalue weighted by molar-refractivity contribution is 0.355. The summed E-state index contributed by atoms with van der Waals surface area (Å²) in [5.74, 6) is 2.27. The second-order valence-electron chi connectivity index (χ2n) is 6.34. The molecule has 2 aromatic heterocycles. The molecule has 0 radical (unpaired) electrons.